The van der Waals surface area contributed by atoms with Gasteiger partial charge in [-0.3, -0.25) is 4.79 Å². The lowest BCUT2D eigenvalue weighted by molar-refractivity contribution is -0.946. The molecule has 4 nitrogen and oxygen atoms in total. The fourth-order valence-corrected chi connectivity index (χ4v) is 3.86. The topological polar surface area (TPSA) is 46.7 Å². The first kappa shape index (κ1) is 17.8. The van der Waals surface area contributed by atoms with Gasteiger partial charge in [0.25, 0.3) is 5.91 Å². The molecule has 4 rings (SSSR count). The fraction of sp³-hybridized carbons (Fsp3) is 0.227. The van der Waals surface area contributed by atoms with E-state index in [1.165, 1.54) is 16.0 Å². The summed E-state index contributed by atoms with van der Waals surface area (Å²) in [4.78, 5) is 13.9. The molecular formula is C22H22ClN2O2+. The normalized spacial score (nSPS) is 17.1. The number of hydrogen-bond donors (Lipinski definition) is 2. The van der Waals surface area contributed by atoms with Crippen LogP contribution in [0.5, 0.6) is 0 Å². The Morgan fingerprint density at radius 1 is 1.07 bits per heavy atom. The van der Waals surface area contributed by atoms with Crippen molar-refractivity contribution in [3.63, 3.8) is 0 Å². The van der Waals surface area contributed by atoms with Crippen molar-refractivity contribution in [3.05, 3.63) is 94.4 Å². The Morgan fingerprint density at radius 3 is 2.59 bits per heavy atom. The van der Waals surface area contributed by atoms with Gasteiger partial charge in [0.05, 0.1) is 19.4 Å². The van der Waals surface area contributed by atoms with E-state index in [2.05, 4.69) is 29.6 Å². The summed E-state index contributed by atoms with van der Waals surface area (Å²) < 4.78 is 5.70. The number of nitrogens with one attached hydrogen (secondary N) is 2. The Labute approximate surface area is 163 Å². The third kappa shape index (κ3) is 4.07. The van der Waals surface area contributed by atoms with Gasteiger partial charge in [0.1, 0.15) is 6.54 Å². The SMILES string of the molecule is O=C(NC[C@@H](c1ccco1)[NH+]1CCc2ccccc2C1)c1ccc(Cl)cc1. The summed E-state index contributed by atoms with van der Waals surface area (Å²) in [7, 11) is 0. The van der Waals surface area contributed by atoms with Gasteiger partial charge in [0.2, 0.25) is 0 Å². The lowest BCUT2D eigenvalue weighted by Gasteiger charge is -2.31. The van der Waals surface area contributed by atoms with Gasteiger partial charge in [0, 0.05) is 22.6 Å². The van der Waals surface area contributed by atoms with Crippen LogP contribution in [0.2, 0.25) is 5.02 Å². The Hall–Kier alpha value is -2.56. The van der Waals surface area contributed by atoms with Crippen molar-refractivity contribution < 1.29 is 14.1 Å². The van der Waals surface area contributed by atoms with Gasteiger partial charge in [-0.15, -0.1) is 0 Å². The van der Waals surface area contributed by atoms with Crippen LogP contribution in [0, 0.1) is 0 Å². The molecule has 2 aromatic carbocycles. The first-order valence-corrected chi connectivity index (χ1v) is 9.57. The van der Waals surface area contributed by atoms with E-state index in [0.717, 1.165) is 25.3 Å². The zero-order valence-electron chi connectivity index (χ0n) is 15.0. The van der Waals surface area contributed by atoms with Crippen LogP contribution < -0.4 is 10.2 Å². The minimum Gasteiger partial charge on any atom is -0.463 e. The summed E-state index contributed by atoms with van der Waals surface area (Å²) in [6, 6.07) is 19.5. The van der Waals surface area contributed by atoms with E-state index in [1.807, 2.05) is 12.1 Å². The van der Waals surface area contributed by atoms with Gasteiger partial charge in [-0.2, -0.15) is 0 Å². The maximum atomic E-state index is 12.5. The molecular weight excluding hydrogens is 360 g/mol. The maximum Gasteiger partial charge on any atom is 0.251 e. The van der Waals surface area contributed by atoms with E-state index in [9.17, 15) is 4.79 Å². The first-order chi connectivity index (χ1) is 13.2. The molecule has 1 aromatic heterocycles. The minimum atomic E-state index is -0.0972. The molecule has 2 heterocycles. The van der Waals surface area contributed by atoms with Gasteiger partial charge in [-0.1, -0.05) is 35.9 Å². The molecule has 2 atom stereocenters. The van der Waals surface area contributed by atoms with Crippen molar-refractivity contribution in [2.75, 3.05) is 13.1 Å². The van der Waals surface area contributed by atoms with Crippen LogP contribution in [-0.2, 0) is 13.0 Å². The highest BCUT2D eigenvalue weighted by atomic mass is 35.5. The molecule has 1 aliphatic rings. The number of halogens is 1. The number of carbonyl (C=O) groups excluding carboxylic acids is 1. The first-order valence-electron chi connectivity index (χ1n) is 9.19. The summed E-state index contributed by atoms with van der Waals surface area (Å²) in [5.74, 6) is 0.806. The number of rotatable bonds is 5. The number of fused-ring (bicyclic) bond motifs is 1. The predicted molar refractivity (Wildman–Crippen MR) is 105 cm³/mol. The molecule has 138 valence electrons. The summed E-state index contributed by atoms with van der Waals surface area (Å²) in [5, 5.41) is 3.69. The number of quaternary nitrogens is 1. The number of hydrogen-bond acceptors (Lipinski definition) is 2. The van der Waals surface area contributed by atoms with Crippen LogP contribution >= 0.6 is 11.6 Å². The molecule has 0 radical (unpaired) electrons. The quantitative estimate of drug-likeness (QED) is 0.713. The number of amides is 1. The molecule has 0 bridgehead atoms. The average molecular weight is 382 g/mol. The molecule has 1 aliphatic heterocycles. The lowest BCUT2D eigenvalue weighted by Crippen LogP contribution is -3.12. The number of benzene rings is 2. The molecule has 0 aliphatic carbocycles. The smallest absolute Gasteiger partial charge is 0.251 e. The Kier molecular flexibility index (Phi) is 5.28. The zero-order valence-corrected chi connectivity index (χ0v) is 15.7. The molecule has 0 saturated heterocycles. The van der Waals surface area contributed by atoms with Crippen molar-refractivity contribution in [2.24, 2.45) is 0 Å². The second kappa shape index (κ2) is 7.99. The van der Waals surface area contributed by atoms with Crippen LogP contribution in [0.3, 0.4) is 0 Å². The number of carbonyl (C=O) groups is 1. The second-order valence-electron chi connectivity index (χ2n) is 6.89. The van der Waals surface area contributed by atoms with E-state index in [1.54, 1.807) is 30.5 Å². The molecule has 1 unspecified atom stereocenters. The maximum absolute atomic E-state index is 12.5. The molecule has 0 fully saturated rings. The third-order valence-corrected chi connectivity index (χ3v) is 5.46. The molecule has 0 saturated carbocycles. The Morgan fingerprint density at radius 2 is 1.85 bits per heavy atom. The van der Waals surface area contributed by atoms with E-state index in [-0.39, 0.29) is 11.9 Å². The van der Waals surface area contributed by atoms with Crippen LogP contribution in [0.4, 0.5) is 0 Å². The van der Waals surface area contributed by atoms with Gasteiger partial charge < -0.3 is 14.6 Å². The summed E-state index contributed by atoms with van der Waals surface area (Å²) in [6.07, 6.45) is 2.73. The van der Waals surface area contributed by atoms with Crippen molar-refractivity contribution in [1.82, 2.24) is 5.32 Å². The van der Waals surface area contributed by atoms with Crippen LogP contribution in [0.15, 0.2) is 71.3 Å². The highest BCUT2D eigenvalue weighted by Gasteiger charge is 2.30. The molecule has 5 heteroatoms. The molecule has 2 N–H and O–H groups in total. The molecule has 1 amide bonds. The summed E-state index contributed by atoms with van der Waals surface area (Å²) >= 11 is 5.91. The van der Waals surface area contributed by atoms with Crippen molar-refractivity contribution >= 4 is 17.5 Å². The van der Waals surface area contributed by atoms with Gasteiger partial charge in [0.15, 0.2) is 11.8 Å². The van der Waals surface area contributed by atoms with Crippen LogP contribution in [0.1, 0.15) is 33.3 Å². The monoisotopic (exact) mass is 381 g/mol. The average Bonchev–Trinajstić information content (AvgIpc) is 3.23. The molecule has 3 aromatic rings. The third-order valence-electron chi connectivity index (χ3n) is 5.20. The van der Waals surface area contributed by atoms with E-state index < -0.39 is 0 Å². The van der Waals surface area contributed by atoms with E-state index in [0.29, 0.717) is 17.1 Å². The second-order valence-corrected chi connectivity index (χ2v) is 7.33. The van der Waals surface area contributed by atoms with Crippen molar-refractivity contribution in [2.45, 2.75) is 19.0 Å². The van der Waals surface area contributed by atoms with Crippen LogP contribution in [0.25, 0.3) is 0 Å². The van der Waals surface area contributed by atoms with Crippen LogP contribution in [-0.4, -0.2) is 19.0 Å². The van der Waals surface area contributed by atoms with Gasteiger partial charge in [-0.05, 0) is 42.0 Å². The minimum absolute atomic E-state index is 0.0737. The lowest BCUT2D eigenvalue weighted by atomic mass is 9.98. The van der Waals surface area contributed by atoms with Crippen molar-refractivity contribution in [1.29, 1.82) is 0 Å². The number of furan rings is 1. The Bertz CT molecular complexity index is 906. The van der Waals surface area contributed by atoms with E-state index in [4.69, 9.17) is 16.0 Å². The Balaban J connectivity index is 1.49. The molecule has 27 heavy (non-hydrogen) atoms. The van der Waals surface area contributed by atoms with E-state index >= 15 is 0 Å². The highest BCUT2D eigenvalue weighted by molar-refractivity contribution is 6.30. The summed E-state index contributed by atoms with van der Waals surface area (Å²) in [5.41, 5.74) is 3.40. The largest absolute Gasteiger partial charge is 0.463 e. The zero-order chi connectivity index (χ0) is 18.6. The van der Waals surface area contributed by atoms with Gasteiger partial charge >= 0.3 is 0 Å². The predicted octanol–water partition coefficient (Wildman–Crippen LogP) is 3.05. The highest BCUT2D eigenvalue weighted by Crippen LogP contribution is 2.16. The standard InChI is InChI=1S/C22H21ClN2O2/c23-19-9-7-17(8-10-19)22(26)24-14-20(21-6-3-13-27-21)25-12-11-16-4-1-2-5-18(16)15-25/h1-10,13,20H,11-12,14-15H2,(H,24,26)/p+1/t20-/m0/s1. The molecule has 0 spiro atoms. The van der Waals surface area contributed by atoms with Gasteiger partial charge in [-0.25, -0.2) is 0 Å². The summed E-state index contributed by atoms with van der Waals surface area (Å²) in [6.45, 7) is 2.46. The fourth-order valence-electron chi connectivity index (χ4n) is 3.73. The van der Waals surface area contributed by atoms with Crippen molar-refractivity contribution in [3.8, 4) is 0 Å².